The average molecular weight is 504 g/mol. The number of nitrogens with zero attached hydrogens (tertiary/aromatic N) is 2. The monoisotopic (exact) mass is 503 g/mol. The summed E-state index contributed by atoms with van der Waals surface area (Å²) in [5, 5.41) is 3.20. The minimum Gasteiger partial charge on any atom is -0.454 e. The van der Waals surface area contributed by atoms with Gasteiger partial charge in [-0.25, -0.2) is 0 Å². The lowest BCUT2D eigenvalue weighted by atomic mass is 9.89. The molecule has 0 spiro atoms. The number of imide groups is 1. The van der Waals surface area contributed by atoms with Gasteiger partial charge in [-0.05, 0) is 61.4 Å². The van der Waals surface area contributed by atoms with Crippen molar-refractivity contribution in [1.82, 2.24) is 10.2 Å². The number of benzene rings is 2. The van der Waals surface area contributed by atoms with E-state index in [0.29, 0.717) is 41.6 Å². The van der Waals surface area contributed by atoms with Gasteiger partial charge in [0.05, 0.1) is 23.4 Å². The number of hydrogen-bond donors (Lipinski definition) is 1. The molecule has 2 aromatic rings. The first-order chi connectivity index (χ1) is 18.1. The highest BCUT2D eigenvalue weighted by Crippen LogP contribution is 2.36. The summed E-state index contributed by atoms with van der Waals surface area (Å²) < 4.78 is 10.8. The van der Waals surface area contributed by atoms with Gasteiger partial charge in [0.25, 0.3) is 11.8 Å². The van der Waals surface area contributed by atoms with Crippen LogP contribution >= 0.6 is 0 Å². The molecule has 37 heavy (non-hydrogen) atoms. The van der Waals surface area contributed by atoms with Crippen LogP contribution in [-0.4, -0.2) is 49.0 Å². The second-order valence-electron chi connectivity index (χ2n) is 10.6. The molecule has 1 N–H and O–H groups in total. The van der Waals surface area contributed by atoms with Crippen LogP contribution in [0.15, 0.2) is 36.4 Å². The van der Waals surface area contributed by atoms with E-state index in [-0.39, 0.29) is 37.0 Å². The normalized spacial score (nSPS) is 19.9. The van der Waals surface area contributed by atoms with Gasteiger partial charge in [-0.2, -0.15) is 0 Å². The minimum absolute atomic E-state index is 0.00330. The van der Waals surface area contributed by atoms with Gasteiger partial charge in [-0.1, -0.05) is 31.4 Å². The SMILES string of the molecule is O=C(NCC1CCCCC1)C1CCN(c2cccc3c2C(=O)N(Cc2ccc4c(c2)OCO4)C3=O)CC1. The van der Waals surface area contributed by atoms with Crippen molar-refractivity contribution in [2.75, 3.05) is 31.3 Å². The zero-order valence-corrected chi connectivity index (χ0v) is 21.0. The largest absolute Gasteiger partial charge is 0.454 e. The van der Waals surface area contributed by atoms with E-state index in [1.807, 2.05) is 24.3 Å². The summed E-state index contributed by atoms with van der Waals surface area (Å²) in [6.45, 7) is 2.50. The summed E-state index contributed by atoms with van der Waals surface area (Å²) in [6, 6.07) is 10.9. The van der Waals surface area contributed by atoms with Crippen LogP contribution in [0.4, 0.5) is 5.69 Å². The van der Waals surface area contributed by atoms with Crippen molar-refractivity contribution in [2.24, 2.45) is 11.8 Å². The van der Waals surface area contributed by atoms with E-state index >= 15 is 0 Å². The zero-order valence-electron chi connectivity index (χ0n) is 21.0. The Balaban J connectivity index is 1.10. The molecule has 3 amide bonds. The quantitative estimate of drug-likeness (QED) is 0.597. The predicted molar refractivity (Wildman–Crippen MR) is 138 cm³/mol. The first kappa shape index (κ1) is 23.8. The summed E-state index contributed by atoms with van der Waals surface area (Å²) in [6.07, 6.45) is 7.78. The van der Waals surface area contributed by atoms with Crippen LogP contribution in [0.2, 0.25) is 0 Å². The second-order valence-corrected chi connectivity index (χ2v) is 10.6. The van der Waals surface area contributed by atoms with E-state index in [0.717, 1.165) is 30.6 Å². The van der Waals surface area contributed by atoms with E-state index < -0.39 is 0 Å². The van der Waals surface area contributed by atoms with E-state index in [4.69, 9.17) is 9.47 Å². The molecule has 0 bridgehead atoms. The molecule has 1 saturated heterocycles. The Morgan fingerprint density at radius 2 is 1.70 bits per heavy atom. The van der Waals surface area contributed by atoms with Crippen molar-refractivity contribution >= 4 is 23.4 Å². The fraction of sp³-hybridized carbons (Fsp3) is 0.483. The van der Waals surface area contributed by atoms with Gasteiger partial charge in [0.2, 0.25) is 12.7 Å². The lowest BCUT2D eigenvalue weighted by Gasteiger charge is -2.34. The number of ether oxygens (including phenoxy) is 2. The van der Waals surface area contributed by atoms with Crippen LogP contribution in [0.3, 0.4) is 0 Å². The zero-order chi connectivity index (χ0) is 25.4. The van der Waals surface area contributed by atoms with Crippen LogP contribution in [0.5, 0.6) is 11.5 Å². The standard InChI is InChI=1S/C29H33N3O5/c33-27(30-16-19-5-2-1-3-6-19)21-11-13-31(14-12-21)23-8-4-7-22-26(23)29(35)32(28(22)34)17-20-9-10-24-25(15-20)37-18-36-24/h4,7-10,15,19,21H,1-3,5-6,11-14,16-18H2,(H,30,33). The van der Waals surface area contributed by atoms with Crippen LogP contribution < -0.4 is 19.7 Å². The third-order valence-corrected chi connectivity index (χ3v) is 8.25. The maximum absolute atomic E-state index is 13.5. The number of carbonyl (C=O) groups is 3. The molecule has 4 aliphatic rings. The molecule has 3 heterocycles. The Hall–Kier alpha value is -3.55. The summed E-state index contributed by atoms with van der Waals surface area (Å²) in [5.41, 5.74) is 2.49. The summed E-state index contributed by atoms with van der Waals surface area (Å²) in [4.78, 5) is 42.9. The predicted octanol–water partition coefficient (Wildman–Crippen LogP) is 4.12. The Labute approximate surface area is 216 Å². The first-order valence-corrected chi connectivity index (χ1v) is 13.5. The van der Waals surface area contributed by atoms with Gasteiger partial charge in [0.1, 0.15) is 0 Å². The van der Waals surface area contributed by atoms with Crippen LogP contribution in [0.25, 0.3) is 0 Å². The smallest absolute Gasteiger partial charge is 0.263 e. The molecule has 1 aliphatic carbocycles. The highest BCUT2D eigenvalue weighted by Gasteiger charge is 2.39. The van der Waals surface area contributed by atoms with E-state index in [2.05, 4.69) is 10.2 Å². The Morgan fingerprint density at radius 1 is 0.919 bits per heavy atom. The first-order valence-electron chi connectivity index (χ1n) is 13.5. The molecule has 1 saturated carbocycles. The van der Waals surface area contributed by atoms with E-state index in [1.165, 1.54) is 37.0 Å². The number of piperidine rings is 1. The molecule has 0 atom stereocenters. The average Bonchev–Trinajstić information content (AvgIpc) is 3.51. The summed E-state index contributed by atoms with van der Waals surface area (Å²) in [5.74, 6) is 1.51. The van der Waals surface area contributed by atoms with Crippen LogP contribution in [0, 0.1) is 11.8 Å². The fourth-order valence-corrected chi connectivity index (χ4v) is 6.11. The maximum atomic E-state index is 13.5. The third-order valence-electron chi connectivity index (χ3n) is 8.25. The molecule has 0 aromatic heterocycles. The number of anilines is 1. The van der Waals surface area contributed by atoms with Crippen LogP contribution in [-0.2, 0) is 11.3 Å². The number of nitrogens with one attached hydrogen (secondary N) is 1. The Kier molecular flexibility index (Phi) is 6.49. The van der Waals surface area contributed by atoms with Gasteiger partial charge in [0, 0.05) is 25.6 Å². The summed E-state index contributed by atoms with van der Waals surface area (Å²) in [7, 11) is 0. The van der Waals surface area contributed by atoms with Crippen molar-refractivity contribution < 1.29 is 23.9 Å². The number of hydrogen-bond acceptors (Lipinski definition) is 6. The number of amides is 3. The van der Waals surface area contributed by atoms with Crippen molar-refractivity contribution in [3.05, 3.63) is 53.1 Å². The van der Waals surface area contributed by atoms with Crippen molar-refractivity contribution in [3.63, 3.8) is 0 Å². The number of rotatable bonds is 6. The van der Waals surface area contributed by atoms with Crippen LogP contribution in [0.1, 0.15) is 71.2 Å². The molecular formula is C29H33N3O5. The van der Waals surface area contributed by atoms with Crippen molar-refractivity contribution in [1.29, 1.82) is 0 Å². The maximum Gasteiger partial charge on any atom is 0.263 e. The van der Waals surface area contributed by atoms with Gasteiger partial charge in [-0.15, -0.1) is 0 Å². The number of carbonyl (C=O) groups excluding carboxylic acids is 3. The van der Waals surface area contributed by atoms with Gasteiger partial charge < -0.3 is 19.7 Å². The Morgan fingerprint density at radius 3 is 2.51 bits per heavy atom. The molecular weight excluding hydrogens is 470 g/mol. The molecule has 2 fully saturated rings. The topological polar surface area (TPSA) is 88.2 Å². The molecule has 8 nitrogen and oxygen atoms in total. The van der Waals surface area contributed by atoms with Gasteiger partial charge in [0.15, 0.2) is 11.5 Å². The molecule has 8 heteroatoms. The minimum atomic E-state index is -0.281. The number of fused-ring (bicyclic) bond motifs is 2. The van der Waals surface area contributed by atoms with Gasteiger partial charge in [-0.3, -0.25) is 19.3 Å². The van der Waals surface area contributed by atoms with Crippen molar-refractivity contribution in [3.8, 4) is 11.5 Å². The molecule has 0 radical (unpaired) electrons. The second kappa shape index (κ2) is 10.1. The molecule has 3 aliphatic heterocycles. The highest BCUT2D eigenvalue weighted by molar-refractivity contribution is 6.23. The molecule has 2 aromatic carbocycles. The lowest BCUT2D eigenvalue weighted by molar-refractivity contribution is -0.125. The molecule has 6 rings (SSSR count). The lowest BCUT2D eigenvalue weighted by Crippen LogP contribution is -2.42. The van der Waals surface area contributed by atoms with Crippen molar-refractivity contribution in [2.45, 2.75) is 51.5 Å². The fourth-order valence-electron chi connectivity index (χ4n) is 6.11. The van der Waals surface area contributed by atoms with Gasteiger partial charge >= 0.3 is 0 Å². The van der Waals surface area contributed by atoms with E-state index in [1.54, 1.807) is 12.1 Å². The highest BCUT2D eigenvalue weighted by atomic mass is 16.7. The molecule has 0 unspecified atom stereocenters. The summed E-state index contributed by atoms with van der Waals surface area (Å²) >= 11 is 0. The Bertz CT molecular complexity index is 1210. The molecule has 194 valence electrons. The van der Waals surface area contributed by atoms with E-state index in [9.17, 15) is 14.4 Å². The third kappa shape index (κ3) is 4.65.